The number of fused-ring (bicyclic) bond motifs is 5. The topological polar surface area (TPSA) is 201 Å². The molecule has 1 fully saturated rings. The highest BCUT2D eigenvalue weighted by molar-refractivity contribution is 5.94. The smallest absolute Gasteiger partial charge is 0.319 e. The van der Waals surface area contributed by atoms with Crippen molar-refractivity contribution in [1.29, 1.82) is 0 Å². The van der Waals surface area contributed by atoms with Crippen LogP contribution in [0.5, 0.6) is 23.0 Å². The summed E-state index contributed by atoms with van der Waals surface area (Å²) >= 11 is 0. The number of allylic oxidation sites excluding steroid dienone is 2. The van der Waals surface area contributed by atoms with Gasteiger partial charge in [-0.15, -0.1) is 13.2 Å². The molecule has 0 aromatic heterocycles. The number of amides is 8. The fourth-order valence-electron chi connectivity index (χ4n) is 8.20. The number of carbonyl (C=O) groups is 4. The van der Waals surface area contributed by atoms with Crippen molar-refractivity contribution in [3.8, 4) is 23.0 Å². The van der Waals surface area contributed by atoms with Crippen molar-refractivity contribution in [3.63, 3.8) is 0 Å². The Kier molecular flexibility index (Phi) is 21.4. The first kappa shape index (κ1) is 52.0. The summed E-state index contributed by atoms with van der Waals surface area (Å²) in [4.78, 5) is 55.6. The van der Waals surface area contributed by atoms with E-state index in [1.807, 2.05) is 24.3 Å². The van der Waals surface area contributed by atoms with Gasteiger partial charge in [0.15, 0.2) is 0 Å². The number of hydrogen-bond acceptors (Lipinski definition) is 8. The normalized spacial score (nSPS) is 18.9. The number of anilines is 4. The van der Waals surface area contributed by atoms with Crippen LogP contribution in [0.2, 0.25) is 0 Å². The summed E-state index contributed by atoms with van der Waals surface area (Å²) in [6.45, 7) is 9.64. The molecule has 8 N–H and O–H groups in total. The lowest BCUT2D eigenvalue weighted by atomic mass is 9.75. The number of carbonyl (C=O) groups excluding carboxylic acids is 4. The van der Waals surface area contributed by atoms with E-state index in [1.165, 1.54) is 12.8 Å². The predicted molar refractivity (Wildman–Crippen MR) is 277 cm³/mol. The van der Waals surface area contributed by atoms with E-state index in [-0.39, 0.29) is 0 Å². The van der Waals surface area contributed by atoms with Crippen molar-refractivity contribution < 1.29 is 38.1 Å². The zero-order chi connectivity index (χ0) is 49.2. The van der Waals surface area contributed by atoms with Gasteiger partial charge in [-0.2, -0.15) is 0 Å². The van der Waals surface area contributed by atoms with Gasteiger partial charge in [0.05, 0.1) is 50.6 Å². The molecule has 1 aliphatic carbocycles. The molecule has 4 aromatic rings. The zero-order valence-corrected chi connectivity index (χ0v) is 40.1. The quantitative estimate of drug-likeness (QED) is 0.0400. The molecule has 1 aliphatic heterocycles. The lowest BCUT2D eigenvalue weighted by Crippen LogP contribution is -2.83. The summed E-state index contributed by atoms with van der Waals surface area (Å²) in [5, 5.41) is 23.3. The Morgan fingerprint density at radius 3 is 1.40 bits per heavy atom. The van der Waals surface area contributed by atoms with E-state index in [9.17, 15) is 19.2 Å². The fourth-order valence-corrected chi connectivity index (χ4v) is 8.20. The van der Waals surface area contributed by atoms with Gasteiger partial charge in [0, 0.05) is 47.0 Å². The van der Waals surface area contributed by atoms with Crippen LogP contribution in [0.4, 0.5) is 41.9 Å². The number of benzene rings is 4. The van der Waals surface area contributed by atoms with Gasteiger partial charge < -0.3 is 61.5 Å². The van der Waals surface area contributed by atoms with E-state index in [1.54, 1.807) is 84.9 Å². The Hall–Kier alpha value is -7.36. The maximum Gasteiger partial charge on any atom is 0.319 e. The van der Waals surface area contributed by atoms with Gasteiger partial charge in [-0.25, -0.2) is 19.2 Å². The molecule has 0 radical (unpaired) electrons. The SMILES string of the molecule is C=CCCCCOc1cccc(NC(=O)NC2C(NC(=O)Nc3cccc(OCCCCC=C)c3)C3NC(=O)Nc4cccc(c4)OCCCCCCCCCCOc4cccc(c4)NC(=O)NC23)c1. The molecule has 8 amide bonds. The number of ether oxygens (including phenoxy) is 4. The second kappa shape index (κ2) is 28.8. The minimum Gasteiger partial charge on any atom is -0.494 e. The molecule has 16 heteroatoms. The molecule has 16 nitrogen and oxygen atoms in total. The fraction of sp³-hybridized carbons (Fsp3) is 0.407. The van der Waals surface area contributed by atoms with Gasteiger partial charge in [0.2, 0.25) is 0 Å². The zero-order valence-electron chi connectivity index (χ0n) is 40.1. The largest absolute Gasteiger partial charge is 0.494 e. The molecule has 0 spiro atoms. The van der Waals surface area contributed by atoms with Crippen LogP contribution >= 0.6 is 0 Å². The summed E-state index contributed by atoms with van der Waals surface area (Å²) in [6, 6.07) is 22.0. The molecule has 70 heavy (non-hydrogen) atoms. The molecular weight excluding hydrogens is 889 g/mol. The monoisotopic (exact) mass is 959 g/mol. The van der Waals surface area contributed by atoms with Gasteiger partial charge in [0.1, 0.15) is 23.0 Å². The third-order valence-electron chi connectivity index (χ3n) is 11.8. The molecule has 6 rings (SSSR count). The molecule has 0 saturated heterocycles. The van der Waals surface area contributed by atoms with Crippen molar-refractivity contribution in [3.05, 3.63) is 122 Å². The van der Waals surface area contributed by atoms with Crippen molar-refractivity contribution in [2.75, 3.05) is 47.7 Å². The predicted octanol–water partition coefficient (Wildman–Crippen LogP) is 11.1. The Morgan fingerprint density at radius 1 is 0.557 bits per heavy atom. The number of rotatable bonds is 16. The summed E-state index contributed by atoms with van der Waals surface area (Å²) in [5.74, 6) is 2.38. The average molecular weight is 959 g/mol. The second-order valence-corrected chi connectivity index (χ2v) is 17.4. The van der Waals surface area contributed by atoms with E-state index in [0.717, 1.165) is 77.0 Å². The van der Waals surface area contributed by atoms with Gasteiger partial charge in [-0.1, -0.05) is 74.9 Å². The van der Waals surface area contributed by atoms with Crippen molar-refractivity contribution in [2.24, 2.45) is 0 Å². The highest BCUT2D eigenvalue weighted by Gasteiger charge is 2.54. The molecule has 1 saturated carbocycles. The summed E-state index contributed by atoms with van der Waals surface area (Å²) in [6.07, 6.45) is 17.7. The minimum absolute atomic E-state index is 0.457. The number of unbranched alkanes of at least 4 members (excludes halogenated alkanes) is 4. The lowest BCUT2D eigenvalue weighted by Gasteiger charge is -2.51. The van der Waals surface area contributed by atoms with Gasteiger partial charge in [0.25, 0.3) is 0 Å². The number of urea groups is 4. The summed E-state index contributed by atoms with van der Waals surface area (Å²) in [5.41, 5.74) is 1.86. The summed E-state index contributed by atoms with van der Waals surface area (Å²) in [7, 11) is 0. The average Bonchev–Trinajstić information content (AvgIpc) is 3.34. The minimum atomic E-state index is -0.949. The Bertz CT molecular complexity index is 2150. The number of nitrogens with one attached hydrogen (secondary N) is 8. The van der Waals surface area contributed by atoms with Gasteiger partial charge in [-0.05, 0) is 99.9 Å². The highest BCUT2D eigenvalue weighted by atomic mass is 16.5. The van der Waals surface area contributed by atoms with Crippen LogP contribution in [0, 0.1) is 0 Å². The van der Waals surface area contributed by atoms with Crippen LogP contribution in [-0.4, -0.2) is 74.7 Å². The van der Waals surface area contributed by atoms with E-state index < -0.39 is 48.3 Å². The van der Waals surface area contributed by atoms with E-state index in [4.69, 9.17) is 18.9 Å². The van der Waals surface area contributed by atoms with Crippen molar-refractivity contribution >= 4 is 46.9 Å². The van der Waals surface area contributed by atoms with Gasteiger partial charge in [-0.3, -0.25) is 0 Å². The van der Waals surface area contributed by atoms with Crippen LogP contribution in [-0.2, 0) is 0 Å². The van der Waals surface area contributed by atoms with Crippen molar-refractivity contribution in [1.82, 2.24) is 21.3 Å². The molecule has 374 valence electrons. The first-order valence-electron chi connectivity index (χ1n) is 24.7. The molecule has 4 atom stereocenters. The Labute approximate surface area is 412 Å². The molecule has 4 unspecified atom stereocenters. The lowest BCUT2D eigenvalue weighted by molar-refractivity contribution is 0.129. The van der Waals surface area contributed by atoms with Crippen LogP contribution in [0.25, 0.3) is 0 Å². The number of hydrogen-bond donors (Lipinski definition) is 8. The van der Waals surface area contributed by atoms with Crippen LogP contribution in [0.15, 0.2) is 122 Å². The third kappa shape index (κ3) is 17.9. The van der Waals surface area contributed by atoms with E-state index in [0.29, 0.717) is 72.2 Å². The molecule has 2 aliphatic rings. The first-order chi connectivity index (χ1) is 34.3. The van der Waals surface area contributed by atoms with Crippen LogP contribution < -0.4 is 61.5 Å². The summed E-state index contributed by atoms with van der Waals surface area (Å²) < 4.78 is 23.9. The molecule has 4 bridgehead atoms. The first-order valence-corrected chi connectivity index (χ1v) is 24.7. The van der Waals surface area contributed by atoms with E-state index >= 15 is 0 Å². The standard InChI is InChI=1S/C54H70N8O8/c1-3-5-7-15-31-67-43-27-19-23-39(35-43)55-51(63)59-47-48(60-52(64)56-40-24-20-28-44(36-40)68-32-16-8-6-4-2)50-49(47)61-53(65)57-41-25-21-29-45(37-41)69-33-17-13-11-9-10-12-14-18-34-70-46-30-22-26-42(38-46)58-54(66)62-50/h3-4,19-30,35-38,47-50H,1-2,5-18,31-34H2,(H2,55,59,63)(H2,56,60,64)(H2,57,61,65)(H2,58,62,66). The molecular formula is C54H70N8O8. The third-order valence-corrected chi connectivity index (χ3v) is 11.8. The maximum absolute atomic E-state index is 13.9. The maximum atomic E-state index is 13.9. The van der Waals surface area contributed by atoms with Crippen molar-refractivity contribution in [2.45, 2.75) is 114 Å². The van der Waals surface area contributed by atoms with Crippen LogP contribution in [0.3, 0.4) is 0 Å². The molecule has 1 heterocycles. The Morgan fingerprint density at radius 2 is 0.971 bits per heavy atom. The molecule has 4 aromatic carbocycles. The second-order valence-electron chi connectivity index (χ2n) is 17.4. The van der Waals surface area contributed by atoms with Crippen LogP contribution in [0.1, 0.15) is 89.9 Å². The Balaban J connectivity index is 1.23. The highest BCUT2D eigenvalue weighted by Crippen LogP contribution is 2.27. The van der Waals surface area contributed by atoms with Gasteiger partial charge >= 0.3 is 24.1 Å². The van der Waals surface area contributed by atoms with E-state index in [2.05, 4.69) is 55.7 Å².